The smallest absolute Gasteiger partial charge is 0.344 e. The largest absolute Gasteiger partial charge is 0.480 e. The van der Waals surface area contributed by atoms with E-state index in [0.29, 0.717) is 17.3 Å². The summed E-state index contributed by atoms with van der Waals surface area (Å²) in [6.45, 7) is 1.65. The van der Waals surface area contributed by atoms with Crippen molar-refractivity contribution in [3.05, 3.63) is 10.5 Å². The lowest BCUT2D eigenvalue weighted by Gasteiger charge is -2.23. The van der Waals surface area contributed by atoms with Gasteiger partial charge in [-0.2, -0.15) is 0 Å². The Kier molecular flexibility index (Phi) is 4.00. The summed E-state index contributed by atoms with van der Waals surface area (Å²) in [5.41, 5.74) is -1.13. The van der Waals surface area contributed by atoms with Crippen LogP contribution in [0.2, 0.25) is 0 Å². The van der Waals surface area contributed by atoms with Crippen molar-refractivity contribution in [1.82, 2.24) is 20.1 Å². The van der Waals surface area contributed by atoms with E-state index in [1.807, 2.05) is 0 Å². The highest BCUT2D eigenvalue weighted by Gasteiger charge is 2.32. The summed E-state index contributed by atoms with van der Waals surface area (Å²) < 4.78 is 1.67. The van der Waals surface area contributed by atoms with E-state index in [0.717, 1.165) is 12.8 Å². The lowest BCUT2D eigenvalue weighted by Crippen LogP contribution is -2.47. The normalized spacial score (nSPS) is 18.2. The average Bonchev–Trinajstić information content (AvgIpc) is 3.14. The SMILES string of the molecule is CNC(C)(CCSc1n[nH]c(=O)n1C1CC1)C(=O)O. The molecule has 8 heteroatoms. The van der Waals surface area contributed by atoms with Crippen LogP contribution in [0, 0.1) is 0 Å². The van der Waals surface area contributed by atoms with Crippen molar-refractivity contribution in [2.24, 2.45) is 0 Å². The highest BCUT2D eigenvalue weighted by molar-refractivity contribution is 7.99. The zero-order valence-corrected chi connectivity index (χ0v) is 11.8. The predicted octanol–water partition coefficient (Wildman–Crippen LogP) is 0.451. The van der Waals surface area contributed by atoms with E-state index in [-0.39, 0.29) is 11.7 Å². The van der Waals surface area contributed by atoms with Gasteiger partial charge in [0.05, 0.1) is 0 Å². The standard InChI is InChI=1S/C11H18N4O3S/c1-11(12-2,8(16)17)5-6-19-10-14-13-9(18)15(10)7-3-4-7/h7,12H,3-6H2,1-2H3,(H,13,18)(H,16,17). The third-order valence-electron chi connectivity index (χ3n) is 3.44. The third kappa shape index (κ3) is 3.01. The van der Waals surface area contributed by atoms with Crippen molar-refractivity contribution in [3.8, 4) is 0 Å². The van der Waals surface area contributed by atoms with Crippen molar-refractivity contribution < 1.29 is 9.90 Å². The van der Waals surface area contributed by atoms with E-state index in [1.54, 1.807) is 18.5 Å². The van der Waals surface area contributed by atoms with Gasteiger partial charge < -0.3 is 10.4 Å². The Hall–Kier alpha value is -1.28. The van der Waals surface area contributed by atoms with E-state index < -0.39 is 11.5 Å². The molecule has 1 heterocycles. The first-order valence-electron chi connectivity index (χ1n) is 6.20. The van der Waals surface area contributed by atoms with Crippen LogP contribution in [0.1, 0.15) is 32.2 Å². The van der Waals surface area contributed by atoms with Crippen LogP contribution in [0.5, 0.6) is 0 Å². The number of likely N-dealkylation sites (N-methyl/N-ethyl adjacent to an activating group) is 1. The Morgan fingerprint density at radius 1 is 1.68 bits per heavy atom. The monoisotopic (exact) mass is 286 g/mol. The lowest BCUT2D eigenvalue weighted by atomic mass is 10.00. The van der Waals surface area contributed by atoms with Crippen molar-refractivity contribution in [2.45, 2.75) is 42.9 Å². The van der Waals surface area contributed by atoms with Crippen molar-refractivity contribution in [3.63, 3.8) is 0 Å². The van der Waals surface area contributed by atoms with Gasteiger partial charge in [0.1, 0.15) is 5.54 Å². The Morgan fingerprint density at radius 3 is 2.89 bits per heavy atom. The lowest BCUT2D eigenvalue weighted by molar-refractivity contribution is -0.144. The summed E-state index contributed by atoms with van der Waals surface area (Å²) in [4.78, 5) is 22.7. The first kappa shape index (κ1) is 14.1. The Morgan fingerprint density at radius 2 is 2.37 bits per heavy atom. The van der Waals surface area contributed by atoms with Gasteiger partial charge in [-0.15, -0.1) is 5.10 Å². The second-order valence-corrected chi connectivity index (χ2v) is 5.96. The van der Waals surface area contributed by atoms with Gasteiger partial charge in [0.15, 0.2) is 5.16 Å². The zero-order chi connectivity index (χ0) is 14.0. The quantitative estimate of drug-likeness (QED) is 0.629. The molecule has 106 valence electrons. The molecule has 0 spiro atoms. The summed E-state index contributed by atoms with van der Waals surface area (Å²) >= 11 is 1.41. The molecule has 7 nitrogen and oxygen atoms in total. The first-order valence-corrected chi connectivity index (χ1v) is 7.18. The van der Waals surface area contributed by atoms with Gasteiger partial charge in [0.2, 0.25) is 0 Å². The number of H-pyrrole nitrogens is 1. The van der Waals surface area contributed by atoms with Gasteiger partial charge in [-0.05, 0) is 33.2 Å². The van der Waals surface area contributed by atoms with E-state index in [2.05, 4.69) is 15.5 Å². The average molecular weight is 286 g/mol. The number of rotatable bonds is 7. The van der Waals surface area contributed by atoms with Gasteiger partial charge in [-0.25, -0.2) is 9.89 Å². The van der Waals surface area contributed by atoms with E-state index in [1.165, 1.54) is 11.8 Å². The fourth-order valence-electron chi connectivity index (χ4n) is 1.73. The molecule has 1 fully saturated rings. The molecule has 1 unspecified atom stereocenters. The number of carboxylic acids is 1. The molecule has 0 amide bonds. The summed E-state index contributed by atoms with van der Waals surface area (Å²) in [5.74, 6) is -0.294. The van der Waals surface area contributed by atoms with Gasteiger partial charge in [0, 0.05) is 11.8 Å². The highest BCUT2D eigenvalue weighted by Crippen LogP contribution is 2.36. The second-order valence-electron chi connectivity index (χ2n) is 4.90. The molecule has 0 radical (unpaired) electrons. The summed E-state index contributed by atoms with van der Waals surface area (Å²) in [5, 5.41) is 19.0. The van der Waals surface area contributed by atoms with Crippen molar-refractivity contribution in [2.75, 3.05) is 12.8 Å². The summed E-state index contributed by atoms with van der Waals surface area (Å²) in [6, 6.07) is 0.268. The minimum absolute atomic E-state index is 0.181. The van der Waals surface area contributed by atoms with Gasteiger partial charge in [-0.1, -0.05) is 11.8 Å². The minimum Gasteiger partial charge on any atom is -0.480 e. The molecule has 1 saturated carbocycles. The fourth-order valence-corrected chi connectivity index (χ4v) is 2.91. The van der Waals surface area contributed by atoms with E-state index >= 15 is 0 Å². The third-order valence-corrected chi connectivity index (χ3v) is 4.40. The van der Waals surface area contributed by atoms with Crippen molar-refractivity contribution >= 4 is 17.7 Å². The molecule has 0 aromatic carbocycles. The molecular formula is C11H18N4O3S. The Balaban J connectivity index is 1.96. The molecule has 1 aromatic heterocycles. The number of thioether (sulfide) groups is 1. The number of hydrogen-bond acceptors (Lipinski definition) is 5. The van der Waals surface area contributed by atoms with Crippen LogP contribution in [-0.4, -0.2) is 44.2 Å². The maximum absolute atomic E-state index is 11.6. The number of carboxylic acid groups (broad SMARTS) is 1. The Labute approximate surface area is 114 Å². The minimum atomic E-state index is -0.950. The molecule has 0 saturated heterocycles. The number of aromatic nitrogens is 3. The molecule has 0 bridgehead atoms. The zero-order valence-electron chi connectivity index (χ0n) is 11.0. The number of nitrogens with zero attached hydrogens (tertiary/aromatic N) is 2. The highest BCUT2D eigenvalue weighted by atomic mass is 32.2. The molecule has 2 rings (SSSR count). The number of nitrogens with one attached hydrogen (secondary N) is 2. The van der Waals surface area contributed by atoms with Gasteiger partial charge >= 0.3 is 11.7 Å². The molecule has 3 N–H and O–H groups in total. The van der Waals surface area contributed by atoms with Crippen LogP contribution in [0.15, 0.2) is 9.95 Å². The van der Waals surface area contributed by atoms with Crippen LogP contribution >= 0.6 is 11.8 Å². The van der Waals surface area contributed by atoms with Crippen LogP contribution in [-0.2, 0) is 4.79 Å². The fraction of sp³-hybridized carbons (Fsp3) is 0.727. The topological polar surface area (TPSA) is 100 Å². The van der Waals surface area contributed by atoms with E-state index in [4.69, 9.17) is 5.11 Å². The molecule has 0 aliphatic heterocycles. The Bertz CT molecular complexity index is 522. The van der Waals surface area contributed by atoms with Crippen molar-refractivity contribution in [1.29, 1.82) is 0 Å². The number of aliphatic carboxylic acids is 1. The van der Waals surface area contributed by atoms with Gasteiger partial charge in [-0.3, -0.25) is 9.36 Å². The first-order chi connectivity index (χ1) is 8.98. The maximum Gasteiger partial charge on any atom is 0.344 e. The number of carbonyl (C=O) groups is 1. The molecule has 19 heavy (non-hydrogen) atoms. The van der Waals surface area contributed by atoms with Crippen LogP contribution in [0.3, 0.4) is 0 Å². The predicted molar refractivity (Wildman–Crippen MR) is 71.6 cm³/mol. The van der Waals surface area contributed by atoms with Crippen LogP contribution in [0.4, 0.5) is 0 Å². The summed E-state index contributed by atoms with van der Waals surface area (Å²) in [6.07, 6.45) is 2.47. The molecular weight excluding hydrogens is 268 g/mol. The molecule has 1 aliphatic rings. The molecule has 1 aliphatic carbocycles. The molecule has 1 atom stereocenters. The number of hydrogen-bond donors (Lipinski definition) is 3. The second kappa shape index (κ2) is 5.38. The summed E-state index contributed by atoms with van der Waals surface area (Å²) in [7, 11) is 1.63. The van der Waals surface area contributed by atoms with E-state index in [9.17, 15) is 9.59 Å². The maximum atomic E-state index is 11.6. The van der Waals surface area contributed by atoms with Gasteiger partial charge in [0.25, 0.3) is 0 Å². The van der Waals surface area contributed by atoms with Crippen LogP contribution < -0.4 is 11.0 Å². The molecule has 1 aromatic rings. The number of aromatic amines is 1. The van der Waals surface area contributed by atoms with Crippen LogP contribution in [0.25, 0.3) is 0 Å².